The summed E-state index contributed by atoms with van der Waals surface area (Å²) >= 11 is 6.40. The first-order valence-corrected chi connectivity index (χ1v) is 8.85. The highest BCUT2D eigenvalue weighted by molar-refractivity contribution is 6.31. The fourth-order valence-electron chi connectivity index (χ4n) is 3.21. The van der Waals surface area contributed by atoms with E-state index >= 15 is 0 Å². The van der Waals surface area contributed by atoms with Gasteiger partial charge < -0.3 is 15.8 Å². The smallest absolute Gasteiger partial charge is 0.231 e. The molecule has 1 aliphatic heterocycles. The first kappa shape index (κ1) is 21.2. The van der Waals surface area contributed by atoms with E-state index in [9.17, 15) is 4.79 Å². The highest BCUT2D eigenvalue weighted by atomic mass is 35.5. The van der Waals surface area contributed by atoms with E-state index in [1.807, 2.05) is 24.3 Å². The molecule has 1 fully saturated rings. The largest absolute Gasteiger partial charge is 0.381 e. The molecular formula is C18H28Cl2N2O2. The predicted octanol–water partition coefficient (Wildman–Crippen LogP) is 3.44. The second-order valence-corrected chi connectivity index (χ2v) is 6.63. The Morgan fingerprint density at radius 1 is 1.38 bits per heavy atom. The zero-order valence-electron chi connectivity index (χ0n) is 14.2. The topological polar surface area (TPSA) is 64.3 Å². The summed E-state index contributed by atoms with van der Waals surface area (Å²) in [5, 5.41) is 3.80. The van der Waals surface area contributed by atoms with Gasteiger partial charge >= 0.3 is 0 Å². The second-order valence-electron chi connectivity index (χ2n) is 6.22. The number of hydrogen-bond acceptors (Lipinski definition) is 3. The summed E-state index contributed by atoms with van der Waals surface area (Å²) in [6.07, 6.45) is 4.36. The van der Waals surface area contributed by atoms with Crippen LogP contribution >= 0.6 is 24.0 Å². The zero-order valence-corrected chi connectivity index (χ0v) is 15.8. The van der Waals surface area contributed by atoms with Crippen molar-refractivity contribution < 1.29 is 9.53 Å². The Morgan fingerprint density at radius 3 is 2.62 bits per heavy atom. The maximum absolute atomic E-state index is 13.1. The summed E-state index contributed by atoms with van der Waals surface area (Å²) < 4.78 is 5.48. The van der Waals surface area contributed by atoms with Gasteiger partial charge in [-0.3, -0.25) is 4.79 Å². The molecule has 1 aliphatic rings. The number of rotatable bonds is 7. The van der Waals surface area contributed by atoms with Crippen molar-refractivity contribution in [3.63, 3.8) is 0 Å². The first-order chi connectivity index (χ1) is 11.1. The summed E-state index contributed by atoms with van der Waals surface area (Å²) in [5.74, 6) is 0.0282. The van der Waals surface area contributed by atoms with Gasteiger partial charge in [-0.25, -0.2) is 0 Å². The van der Waals surface area contributed by atoms with E-state index in [4.69, 9.17) is 22.1 Å². The number of amides is 1. The third-order valence-corrected chi connectivity index (χ3v) is 5.03. The molecule has 4 nitrogen and oxygen atoms in total. The van der Waals surface area contributed by atoms with E-state index in [1.54, 1.807) is 0 Å². The van der Waals surface area contributed by atoms with Crippen LogP contribution in [0.15, 0.2) is 24.3 Å². The van der Waals surface area contributed by atoms with E-state index in [1.165, 1.54) is 0 Å². The van der Waals surface area contributed by atoms with Gasteiger partial charge in [0.25, 0.3) is 0 Å². The van der Waals surface area contributed by atoms with Gasteiger partial charge in [0, 0.05) is 30.8 Å². The quantitative estimate of drug-likeness (QED) is 0.767. The molecule has 0 saturated carbocycles. The van der Waals surface area contributed by atoms with Gasteiger partial charge in [-0.2, -0.15) is 0 Å². The fourth-order valence-corrected chi connectivity index (χ4v) is 3.53. The Kier molecular flexibility index (Phi) is 9.06. The number of carbonyl (C=O) groups is 1. The maximum atomic E-state index is 13.1. The molecule has 1 amide bonds. The fraction of sp³-hybridized carbons (Fsp3) is 0.611. The molecule has 24 heavy (non-hydrogen) atoms. The van der Waals surface area contributed by atoms with Crippen molar-refractivity contribution in [2.75, 3.05) is 19.8 Å². The Hall–Kier alpha value is -0.810. The van der Waals surface area contributed by atoms with Gasteiger partial charge in [-0.1, -0.05) is 49.6 Å². The van der Waals surface area contributed by atoms with Crippen molar-refractivity contribution in [1.29, 1.82) is 0 Å². The average molecular weight is 375 g/mol. The van der Waals surface area contributed by atoms with E-state index < -0.39 is 5.41 Å². The third kappa shape index (κ3) is 4.85. The molecule has 1 heterocycles. The number of carbonyl (C=O) groups excluding carboxylic acids is 1. The summed E-state index contributed by atoms with van der Waals surface area (Å²) in [4.78, 5) is 13.1. The van der Waals surface area contributed by atoms with E-state index in [2.05, 4.69) is 12.2 Å². The molecule has 3 N–H and O–H groups in total. The third-order valence-electron chi connectivity index (χ3n) is 4.70. The van der Waals surface area contributed by atoms with Gasteiger partial charge in [-0.05, 0) is 30.9 Å². The monoisotopic (exact) mass is 374 g/mol. The zero-order chi connectivity index (χ0) is 16.7. The number of benzene rings is 1. The van der Waals surface area contributed by atoms with Gasteiger partial charge in [0.1, 0.15) is 0 Å². The first-order valence-electron chi connectivity index (χ1n) is 8.48. The molecule has 2 rings (SSSR count). The van der Waals surface area contributed by atoms with Crippen molar-refractivity contribution in [3.8, 4) is 0 Å². The molecule has 136 valence electrons. The maximum Gasteiger partial charge on any atom is 0.231 e. The van der Waals surface area contributed by atoms with Crippen LogP contribution in [0.5, 0.6) is 0 Å². The van der Waals surface area contributed by atoms with Gasteiger partial charge in [0.15, 0.2) is 0 Å². The van der Waals surface area contributed by atoms with E-state index in [0.29, 0.717) is 37.6 Å². The van der Waals surface area contributed by atoms with Gasteiger partial charge in [0.2, 0.25) is 5.91 Å². The van der Waals surface area contributed by atoms with Crippen LogP contribution in [-0.4, -0.2) is 31.7 Å². The van der Waals surface area contributed by atoms with Crippen molar-refractivity contribution in [3.05, 3.63) is 34.9 Å². The molecule has 1 saturated heterocycles. The summed E-state index contributed by atoms with van der Waals surface area (Å²) in [7, 11) is 0. The Balaban J connectivity index is 0.00000288. The van der Waals surface area contributed by atoms with Crippen LogP contribution in [0.4, 0.5) is 0 Å². The number of ether oxygens (including phenoxy) is 1. The Morgan fingerprint density at radius 2 is 2.04 bits per heavy atom. The predicted molar refractivity (Wildman–Crippen MR) is 101 cm³/mol. The molecule has 1 atom stereocenters. The van der Waals surface area contributed by atoms with Gasteiger partial charge in [0.05, 0.1) is 5.41 Å². The highest BCUT2D eigenvalue weighted by Crippen LogP contribution is 2.39. The van der Waals surface area contributed by atoms with Crippen molar-refractivity contribution in [2.24, 2.45) is 5.73 Å². The molecule has 1 aromatic carbocycles. The summed E-state index contributed by atoms with van der Waals surface area (Å²) in [5.41, 5.74) is 6.12. The van der Waals surface area contributed by atoms with Crippen LogP contribution in [-0.2, 0) is 14.9 Å². The molecule has 0 spiro atoms. The van der Waals surface area contributed by atoms with Crippen molar-refractivity contribution >= 4 is 29.9 Å². The van der Waals surface area contributed by atoms with Crippen LogP contribution in [0, 0.1) is 0 Å². The number of nitrogens with one attached hydrogen (secondary N) is 1. The Labute approximate surface area is 155 Å². The van der Waals surface area contributed by atoms with Crippen molar-refractivity contribution in [2.45, 2.75) is 50.5 Å². The number of unbranched alkanes of at least 4 members (excludes halogenated alkanes) is 1. The molecule has 0 radical (unpaired) electrons. The number of nitrogens with two attached hydrogens (primary N) is 1. The van der Waals surface area contributed by atoms with Crippen LogP contribution in [0.2, 0.25) is 5.02 Å². The molecule has 1 aromatic rings. The minimum Gasteiger partial charge on any atom is -0.381 e. The lowest BCUT2D eigenvalue weighted by molar-refractivity contribution is -0.131. The van der Waals surface area contributed by atoms with Crippen molar-refractivity contribution in [1.82, 2.24) is 5.32 Å². The lowest BCUT2D eigenvalue weighted by atomic mass is 9.73. The summed E-state index contributed by atoms with van der Waals surface area (Å²) in [6.45, 7) is 3.74. The average Bonchev–Trinajstić information content (AvgIpc) is 2.59. The molecule has 0 bridgehead atoms. The molecular weight excluding hydrogens is 347 g/mol. The highest BCUT2D eigenvalue weighted by Gasteiger charge is 2.43. The normalized spacial score (nSPS) is 17.6. The Bertz CT molecular complexity index is 519. The molecule has 1 unspecified atom stereocenters. The number of hydrogen-bond donors (Lipinski definition) is 2. The lowest BCUT2D eigenvalue weighted by Gasteiger charge is -2.38. The SMILES string of the molecule is CCCCC(CN)NC(=O)C1(c2ccccc2Cl)CCOCC1.Cl. The molecule has 0 aromatic heterocycles. The lowest BCUT2D eigenvalue weighted by Crippen LogP contribution is -2.52. The van der Waals surface area contributed by atoms with E-state index in [0.717, 1.165) is 24.8 Å². The van der Waals surface area contributed by atoms with Crippen LogP contribution < -0.4 is 11.1 Å². The van der Waals surface area contributed by atoms with Crippen LogP contribution in [0.25, 0.3) is 0 Å². The van der Waals surface area contributed by atoms with Gasteiger partial charge in [-0.15, -0.1) is 12.4 Å². The van der Waals surface area contributed by atoms with Crippen LogP contribution in [0.3, 0.4) is 0 Å². The van der Waals surface area contributed by atoms with E-state index in [-0.39, 0.29) is 24.4 Å². The minimum absolute atomic E-state index is 0. The second kappa shape index (κ2) is 10.2. The molecule has 6 heteroatoms. The minimum atomic E-state index is -0.615. The standard InChI is InChI=1S/C18H27ClN2O2.ClH/c1-2-3-6-14(13-20)21-17(22)18(9-11-23-12-10-18)15-7-4-5-8-16(15)19;/h4-5,7-8,14H,2-3,6,9-13,20H2,1H3,(H,21,22);1H. The molecule has 0 aliphatic carbocycles. The number of halogens is 2. The van der Waals surface area contributed by atoms with Crippen LogP contribution in [0.1, 0.15) is 44.6 Å². The summed E-state index contributed by atoms with van der Waals surface area (Å²) in [6, 6.07) is 7.64.